The summed E-state index contributed by atoms with van der Waals surface area (Å²) in [6.07, 6.45) is -1.22. The van der Waals surface area contributed by atoms with E-state index in [1.807, 2.05) is 19.0 Å². The number of hydrogen-bond acceptors (Lipinski definition) is 3. The molecule has 0 aliphatic heterocycles. The van der Waals surface area contributed by atoms with Crippen molar-refractivity contribution in [3.05, 3.63) is 42.2 Å². The number of likely N-dealkylation sites (N-methyl/N-ethyl adjacent to an activating group) is 1. The van der Waals surface area contributed by atoms with Gasteiger partial charge in [-0.15, -0.1) is 0 Å². The summed E-state index contributed by atoms with van der Waals surface area (Å²) >= 11 is 0. The first-order valence-electron chi connectivity index (χ1n) is 7.16. The number of anilines is 2. The summed E-state index contributed by atoms with van der Waals surface area (Å²) in [5.74, 6) is 0. The fraction of sp³-hybridized carbons (Fsp3) is 0.333. The highest BCUT2D eigenvalue weighted by Crippen LogP contribution is 2.29. The molecule has 1 aromatic heterocycles. The van der Waals surface area contributed by atoms with Crippen LogP contribution in [0.25, 0.3) is 0 Å². The van der Waals surface area contributed by atoms with Gasteiger partial charge in [-0.05, 0) is 38.4 Å². The van der Waals surface area contributed by atoms with E-state index < -0.39 is 17.8 Å². The molecule has 2 aromatic rings. The van der Waals surface area contributed by atoms with Gasteiger partial charge in [0.1, 0.15) is 0 Å². The van der Waals surface area contributed by atoms with Gasteiger partial charge in [-0.1, -0.05) is 0 Å². The molecule has 0 radical (unpaired) electrons. The molecule has 0 bridgehead atoms. The van der Waals surface area contributed by atoms with Crippen LogP contribution in [0, 0.1) is 0 Å². The van der Waals surface area contributed by atoms with Gasteiger partial charge >= 0.3 is 12.2 Å². The normalized spacial score (nSPS) is 11.6. The lowest BCUT2D eigenvalue weighted by Gasteiger charge is -2.09. The SMILES string of the molecule is CN(C)CCn1cc(NC(=O)Nc2ccc(C(F)(F)F)cc2)cn1. The third-order valence-electron chi connectivity index (χ3n) is 3.14. The molecule has 2 rings (SSSR count). The fourth-order valence-corrected chi connectivity index (χ4v) is 1.89. The smallest absolute Gasteiger partial charge is 0.308 e. The number of halogens is 3. The Hall–Kier alpha value is -2.55. The zero-order chi connectivity index (χ0) is 17.7. The number of benzene rings is 1. The van der Waals surface area contributed by atoms with Crippen molar-refractivity contribution in [2.24, 2.45) is 0 Å². The molecule has 0 saturated heterocycles. The van der Waals surface area contributed by atoms with Crippen LogP contribution in [0.15, 0.2) is 36.7 Å². The van der Waals surface area contributed by atoms with E-state index in [1.165, 1.54) is 18.3 Å². The van der Waals surface area contributed by atoms with Crippen molar-refractivity contribution in [2.45, 2.75) is 12.7 Å². The summed E-state index contributed by atoms with van der Waals surface area (Å²) < 4.78 is 39.1. The molecule has 0 aliphatic carbocycles. The number of carbonyl (C=O) groups is 1. The molecule has 6 nitrogen and oxygen atoms in total. The second kappa shape index (κ2) is 7.35. The average molecular weight is 341 g/mol. The minimum absolute atomic E-state index is 0.264. The molecule has 0 aliphatic rings. The van der Waals surface area contributed by atoms with E-state index in [2.05, 4.69) is 15.7 Å². The highest BCUT2D eigenvalue weighted by molar-refractivity contribution is 5.99. The fourth-order valence-electron chi connectivity index (χ4n) is 1.89. The Balaban J connectivity index is 1.89. The standard InChI is InChI=1S/C15H18F3N5O/c1-22(2)7-8-23-10-13(9-19-23)21-14(24)20-12-5-3-11(4-6-12)15(16,17)18/h3-6,9-10H,7-8H2,1-2H3,(H2,20,21,24). The van der Waals surface area contributed by atoms with Crippen molar-refractivity contribution < 1.29 is 18.0 Å². The Labute approximate surface area is 137 Å². The molecule has 24 heavy (non-hydrogen) atoms. The van der Waals surface area contributed by atoms with Crippen LogP contribution in [0.2, 0.25) is 0 Å². The van der Waals surface area contributed by atoms with Gasteiger partial charge in [0.05, 0.1) is 24.0 Å². The first kappa shape index (κ1) is 17.8. The molecule has 0 saturated carbocycles. The maximum absolute atomic E-state index is 12.5. The zero-order valence-electron chi connectivity index (χ0n) is 13.3. The predicted molar refractivity (Wildman–Crippen MR) is 84.9 cm³/mol. The Morgan fingerprint density at radius 3 is 2.38 bits per heavy atom. The minimum atomic E-state index is -4.40. The Morgan fingerprint density at radius 1 is 1.17 bits per heavy atom. The number of urea groups is 1. The number of alkyl halides is 3. The van der Waals surface area contributed by atoms with Crippen LogP contribution in [0.3, 0.4) is 0 Å². The number of hydrogen-bond donors (Lipinski definition) is 2. The number of rotatable bonds is 5. The van der Waals surface area contributed by atoms with Crippen molar-refractivity contribution in [2.75, 3.05) is 31.3 Å². The molecule has 0 fully saturated rings. The number of nitrogens with zero attached hydrogens (tertiary/aromatic N) is 3. The zero-order valence-corrected chi connectivity index (χ0v) is 13.3. The van der Waals surface area contributed by atoms with E-state index in [1.54, 1.807) is 10.9 Å². The van der Waals surface area contributed by atoms with Gasteiger partial charge in [0, 0.05) is 18.4 Å². The van der Waals surface area contributed by atoms with Crippen molar-refractivity contribution in [1.82, 2.24) is 14.7 Å². The largest absolute Gasteiger partial charge is 0.416 e. The second-order valence-electron chi connectivity index (χ2n) is 5.45. The Morgan fingerprint density at radius 2 is 1.79 bits per heavy atom. The highest BCUT2D eigenvalue weighted by atomic mass is 19.4. The first-order chi connectivity index (χ1) is 11.2. The van der Waals surface area contributed by atoms with Crippen molar-refractivity contribution >= 4 is 17.4 Å². The van der Waals surface area contributed by atoms with E-state index in [4.69, 9.17) is 0 Å². The molecule has 2 amide bonds. The summed E-state index contributed by atoms with van der Waals surface area (Å²) in [5, 5.41) is 9.15. The molecular formula is C15H18F3N5O. The van der Waals surface area contributed by atoms with E-state index in [0.717, 1.165) is 18.7 Å². The lowest BCUT2D eigenvalue weighted by Crippen LogP contribution is -2.19. The van der Waals surface area contributed by atoms with E-state index in [-0.39, 0.29) is 5.69 Å². The maximum Gasteiger partial charge on any atom is 0.416 e. The number of carbonyl (C=O) groups excluding carboxylic acids is 1. The monoisotopic (exact) mass is 341 g/mol. The molecule has 130 valence electrons. The van der Waals surface area contributed by atoms with Crippen LogP contribution >= 0.6 is 0 Å². The van der Waals surface area contributed by atoms with E-state index in [0.29, 0.717) is 12.2 Å². The molecule has 1 aromatic carbocycles. The molecule has 1 heterocycles. The molecule has 0 spiro atoms. The molecule has 0 atom stereocenters. The molecule has 0 unspecified atom stereocenters. The molecule has 2 N–H and O–H groups in total. The van der Waals surface area contributed by atoms with Gasteiger partial charge in [0.25, 0.3) is 0 Å². The topological polar surface area (TPSA) is 62.2 Å². The van der Waals surface area contributed by atoms with Crippen LogP contribution in [-0.4, -0.2) is 41.4 Å². The quantitative estimate of drug-likeness (QED) is 0.878. The molecule has 9 heteroatoms. The summed E-state index contributed by atoms with van der Waals surface area (Å²) in [4.78, 5) is 13.9. The average Bonchev–Trinajstić information content (AvgIpc) is 2.92. The number of nitrogens with one attached hydrogen (secondary N) is 2. The predicted octanol–water partition coefficient (Wildman–Crippen LogP) is 3.11. The van der Waals surface area contributed by atoms with Crippen LogP contribution in [0.5, 0.6) is 0 Å². The maximum atomic E-state index is 12.5. The van der Waals surface area contributed by atoms with Gasteiger partial charge in [-0.25, -0.2) is 4.79 Å². The van der Waals surface area contributed by atoms with E-state index in [9.17, 15) is 18.0 Å². The van der Waals surface area contributed by atoms with Gasteiger partial charge in [0.15, 0.2) is 0 Å². The van der Waals surface area contributed by atoms with E-state index >= 15 is 0 Å². The Bertz CT molecular complexity index is 679. The lowest BCUT2D eigenvalue weighted by atomic mass is 10.2. The van der Waals surface area contributed by atoms with Crippen molar-refractivity contribution in [3.8, 4) is 0 Å². The van der Waals surface area contributed by atoms with Crippen LogP contribution in [-0.2, 0) is 12.7 Å². The number of aromatic nitrogens is 2. The van der Waals surface area contributed by atoms with Gasteiger partial charge < -0.3 is 15.5 Å². The van der Waals surface area contributed by atoms with Crippen LogP contribution < -0.4 is 10.6 Å². The van der Waals surface area contributed by atoms with Crippen LogP contribution in [0.1, 0.15) is 5.56 Å². The third-order valence-corrected chi connectivity index (χ3v) is 3.14. The van der Waals surface area contributed by atoms with Crippen LogP contribution in [0.4, 0.5) is 29.3 Å². The summed E-state index contributed by atoms with van der Waals surface area (Å²) in [6, 6.07) is 3.66. The van der Waals surface area contributed by atoms with Gasteiger partial charge in [0.2, 0.25) is 0 Å². The number of amides is 2. The minimum Gasteiger partial charge on any atom is -0.308 e. The second-order valence-corrected chi connectivity index (χ2v) is 5.45. The summed E-state index contributed by atoms with van der Waals surface area (Å²) in [6.45, 7) is 1.48. The van der Waals surface area contributed by atoms with Crippen molar-refractivity contribution in [1.29, 1.82) is 0 Å². The van der Waals surface area contributed by atoms with Crippen molar-refractivity contribution in [3.63, 3.8) is 0 Å². The summed E-state index contributed by atoms with van der Waals surface area (Å²) in [7, 11) is 3.89. The molecular weight excluding hydrogens is 323 g/mol. The Kier molecular flexibility index (Phi) is 5.45. The lowest BCUT2D eigenvalue weighted by molar-refractivity contribution is -0.137. The highest BCUT2D eigenvalue weighted by Gasteiger charge is 2.29. The van der Waals surface area contributed by atoms with Gasteiger partial charge in [-0.2, -0.15) is 18.3 Å². The first-order valence-corrected chi connectivity index (χ1v) is 7.16. The third kappa shape index (κ3) is 5.27. The van der Waals surface area contributed by atoms with Gasteiger partial charge in [-0.3, -0.25) is 4.68 Å². The summed E-state index contributed by atoms with van der Waals surface area (Å²) in [5.41, 5.74) is -0.00528.